The van der Waals surface area contributed by atoms with E-state index in [-0.39, 0.29) is 6.04 Å². The van der Waals surface area contributed by atoms with Crippen LogP contribution >= 0.6 is 15.9 Å². The van der Waals surface area contributed by atoms with E-state index in [2.05, 4.69) is 66.7 Å². The first-order valence-corrected chi connectivity index (χ1v) is 8.35. The van der Waals surface area contributed by atoms with Crippen LogP contribution < -0.4 is 10.6 Å². The summed E-state index contributed by atoms with van der Waals surface area (Å²) in [7, 11) is 0. The Bertz CT molecular complexity index is 463. The fourth-order valence-corrected chi connectivity index (χ4v) is 3.67. The first kappa shape index (κ1) is 15.8. The van der Waals surface area contributed by atoms with Crippen LogP contribution in [0.3, 0.4) is 0 Å². The van der Waals surface area contributed by atoms with Gasteiger partial charge in [0, 0.05) is 23.6 Å². The molecule has 0 aliphatic carbocycles. The number of halogens is 1. The van der Waals surface area contributed by atoms with Gasteiger partial charge in [-0.2, -0.15) is 0 Å². The molecule has 1 heterocycles. The fraction of sp³-hybridized carbons (Fsp3) is 0.647. The minimum absolute atomic E-state index is 0.213. The molecule has 3 heteroatoms. The normalized spacial score (nSPS) is 21.3. The van der Waals surface area contributed by atoms with E-state index < -0.39 is 0 Å². The van der Waals surface area contributed by atoms with Gasteiger partial charge in [0.15, 0.2) is 0 Å². The summed E-state index contributed by atoms with van der Waals surface area (Å²) in [5, 5.41) is 0. The third-order valence-corrected chi connectivity index (χ3v) is 4.96. The van der Waals surface area contributed by atoms with Gasteiger partial charge in [-0.1, -0.05) is 26.8 Å². The SMILES string of the molecule is CC(N)Cc1ccc(N2CCC(C(C)(C)C)C2)c(Br)c1. The lowest BCUT2D eigenvalue weighted by molar-refractivity contribution is 0.263. The molecule has 1 aromatic carbocycles. The lowest BCUT2D eigenvalue weighted by atomic mass is 9.80. The van der Waals surface area contributed by atoms with Crippen LogP contribution in [0.4, 0.5) is 5.69 Å². The molecular formula is C17H27BrN2. The molecule has 0 aromatic heterocycles. The molecule has 2 rings (SSSR count). The Balaban J connectivity index is 2.11. The van der Waals surface area contributed by atoms with E-state index >= 15 is 0 Å². The highest BCUT2D eigenvalue weighted by atomic mass is 79.9. The van der Waals surface area contributed by atoms with Crippen LogP contribution in [0.1, 0.15) is 39.7 Å². The van der Waals surface area contributed by atoms with Gasteiger partial charge in [0.2, 0.25) is 0 Å². The molecular weight excluding hydrogens is 312 g/mol. The predicted molar refractivity (Wildman–Crippen MR) is 91.3 cm³/mol. The molecule has 2 unspecified atom stereocenters. The second-order valence-electron chi connectivity index (χ2n) is 7.26. The molecule has 0 amide bonds. The topological polar surface area (TPSA) is 29.3 Å². The largest absolute Gasteiger partial charge is 0.370 e. The van der Waals surface area contributed by atoms with Crippen molar-refractivity contribution < 1.29 is 0 Å². The van der Waals surface area contributed by atoms with Crippen LogP contribution in [0.25, 0.3) is 0 Å². The zero-order chi connectivity index (χ0) is 14.9. The third-order valence-electron chi connectivity index (χ3n) is 4.32. The maximum atomic E-state index is 5.88. The molecule has 0 bridgehead atoms. The van der Waals surface area contributed by atoms with Gasteiger partial charge in [0.05, 0.1) is 5.69 Å². The van der Waals surface area contributed by atoms with Crippen LogP contribution in [-0.4, -0.2) is 19.1 Å². The van der Waals surface area contributed by atoms with Gasteiger partial charge >= 0.3 is 0 Å². The van der Waals surface area contributed by atoms with E-state index in [1.165, 1.54) is 22.1 Å². The molecule has 1 fully saturated rings. The Morgan fingerprint density at radius 1 is 1.40 bits per heavy atom. The molecule has 1 aromatic rings. The van der Waals surface area contributed by atoms with Crippen molar-refractivity contribution >= 4 is 21.6 Å². The smallest absolute Gasteiger partial charge is 0.0510 e. The van der Waals surface area contributed by atoms with E-state index in [1.54, 1.807) is 0 Å². The monoisotopic (exact) mass is 338 g/mol. The Morgan fingerprint density at radius 2 is 2.10 bits per heavy atom. The summed E-state index contributed by atoms with van der Waals surface area (Å²) < 4.78 is 1.20. The number of anilines is 1. The highest BCUT2D eigenvalue weighted by Gasteiger charge is 2.32. The Kier molecular flexibility index (Phi) is 4.80. The summed E-state index contributed by atoms with van der Waals surface area (Å²) in [6, 6.07) is 6.90. The average Bonchev–Trinajstić information content (AvgIpc) is 2.77. The number of hydrogen-bond acceptors (Lipinski definition) is 2. The van der Waals surface area contributed by atoms with Crippen LogP contribution in [0.15, 0.2) is 22.7 Å². The summed E-state index contributed by atoms with van der Waals surface area (Å²) >= 11 is 3.73. The molecule has 2 N–H and O–H groups in total. The first-order chi connectivity index (χ1) is 9.27. The molecule has 0 radical (unpaired) electrons. The number of benzene rings is 1. The van der Waals surface area contributed by atoms with Crippen molar-refractivity contribution in [3.63, 3.8) is 0 Å². The molecule has 1 aliphatic heterocycles. The molecule has 20 heavy (non-hydrogen) atoms. The van der Waals surface area contributed by atoms with Crippen molar-refractivity contribution in [1.29, 1.82) is 0 Å². The zero-order valence-corrected chi connectivity index (χ0v) is 14.7. The van der Waals surface area contributed by atoms with Crippen molar-refractivity contribution in [2.75, 3.05) is 18.0 Å². The molecule has 1 aliphatic rings. The number of hydrogen-bond donors (Lipinski definition) is 1. The maximum Gasteiger partial charge on any atom is 0.0510 e. The van der Waals surface area contributed by atoms with E-state index in [1.807, 2.05) is 0 Å². The predicted octanol–water partition coefficient (Wildman–Crippen LogP) is 4.21. The van der Waals surface area contributed by atoms with Crippen LogP contribution in [0.2, 0.25) is 0 Å². The lowest BCUT2D eigenvalue weighted by Crippen LogP contribution is -2.26. The molecule has 2 nitrogen and oxygen atoms in total. The summed E-state index contributed by atoms with van der Waals surface area (Å²) in [5.74, 6) is 0.776. The van der Waals surface area contributed by atoms with Crippen molar-refractivity contribution in [3.05, 3.63) is 28.2 Å². The van der Waals surface area contributed by atoms with Crippen LogP contribution in [0, 0.1) is 11.3 Å². The number of nitrogens with two attached hydrogens (primary N) is 1. The summed E-state index contributed by atoms with van der Waals surface area (Å²) in [6.45, 7) is 11.4. The highest BCUT2D eigenvalue weighted by Crippen LogP contribution is 2.38. The van der Waals surface area contributed by atoms with Gasteiger partial charge in [-0.05, 0) is 64.7 Å². The minimum Gasteiger partial charge on any atom is -0.370 e. The zero-order valence-electron chi connectivity index (χ0n) is 13.1. The van der Waals surface area contributed by atoms with Crippen molar-refractivity contribution in [3.8, 4) is 0 Å². The quantitative estimate of drug-likeness (QED) is 0.894. The maximum absolute atomic E-state index is 5.88. The third kappa shape index (κ3) is 3.76. The second-order valence-corrected chi connectivity index (χ2v) is 8.12. The van der Waals surface area contributed by atoms with Gasteiger partial charge in [-0.3, -0.25) is 0 Å². The first-order valence-electron chi connectivity index (χ1n) is 7.56. The lowest BCUT2D eigenvalue weighted by Gasteiger charge is -2.28. The summed E-state index contributed by atoms with van der Waals surface area (Å²) in [5.41, 5.74) is 8.91. The van der Waals surface area contributed by atoms with E-state index in [4.69, 9.17) is 5.73 Å². The molecule has 0 saturated carbocycles. The second kappa shape index (κ2) is 6.07. The number of rotatable bonds is 3. The summed E-state index contributed by atoms with van der Waals surface area (Å²) in [6.07, 6.45) is 2.22. The highest BCUT2D eigenvalue weighted by molar-refractivity contribution is 9.10. The van der Waals surface area contributed by atoms with Crippen molar-refractivity contribution in [1.82, 2.24) is 0 Å². The van der Waals surface area contributed by atoms with Crippen molar-refractivity contribution in [2.45, 2.75) is 46.6 Å². The fourth-order valence-electron chi connectivity index (χ4n) is 2.99. The number of nitrogens with zero attached hydrogens (tertiary/aromatic N) is 1. The molecule has 2 atom stereocenters. The van der Waals surface area contributed by atoms with E-state index in [0.717, 1.165) is 25.4 Å². The molecule has 0 spiro atoms. The molecule has 1 saturated heterocycles. The Morgan fingerprint density at radius 3 is 2.60 bits per heavy atom. The van der Waals surface area contributed by atoms with E-state index in [0.29, 0.717) is 5.41 Å². The van der Waals surface area contributed by atoms with Gasteiger partial charge < -0.3 is 10.6 Å². The minimum atomic E-state index is 0.213. The Labute approximate surface area is 131 Å². The van der Waals surface area contributed by atoms with Crippen molar-refractivity contribution in [2.24, 2.45) is 17.1 Å². The van der Waals surface area contributed by atoms with E-state index in [9.17, 15) is 0 Å². The van der Waals surface area contributed by atoms with Gasteiger partial charge in [0.25, 0.3) is 0 Å². The van der Waals surface area contributed by atoms with Gasteiger partial charge in [-0.15, -0.1) is 0 Å². The van der Waals surface area contributed by atoms with Gasteiger partial charge in [0.1, 0.15) is 0 Å². The van der Waals surface area contributed by atoms with Crippen LogP contribution in [-0.2, 0) is 6.42 Å². The standard InChI is InChI=1S/C17H27BrN2/c1-12(19)9-13-5-6-16(15(18)10-13)20-8-7-14(11-20)17(2,3)4/h5-6,10,12,14H,7-9,11,19H2,1-4H3. The van der Waals surface area contributed by atoms with Gasteiger partial charge in [-0.25, -0.2) is 0 Å². The molecule has 112 valence electrons. The average molecular weight is 339 g/mol. The summed E-state index contributed by atoms with van der Waals surface area (Å²) in [4.78, 5) is 2.51. The Hall–Kier alpha value is -0.540. The van der Waals surface area contributed by atoms with Crippen LogP contribution in [0.5, 0.6) is 0 Å².